The monoisotopic (exact) mass is 880 g/mol. The van der Waals surface area contributed by atoms with Crippen LogP contribution >= 0.6 is 0 Å². The van der Waals surface area contributed by atoms with Crippen molar-refractivity contribution < 1.29 is 24.5 Å². The lowest BCUT2D eigenvalue weighted by molar-refractivity contribution is -0.151. The molecular weight excluding hydrogens is 779 g/mol. The zero-order valence-electron chi connectivity index (χ0n) is 41.4. The minimum atomic E-state index is -0.798. The lowest BCUT2D eigenvalue weighted by Crippen LogP contribution is -2.46. The Kier molecular flexibility index (Phi) is 48.1. The van der Waals surface area contributed by atoms with Crippen LogP contribution < -0.4 is 5.32 Å². The van der Waals surface area contributed by atoms with Crippen molar-refractivity contribution in [1.29, 1.82) is 0 Å². The minimum Gasteiger partial charge on any atom is -0.462 e. The van der Waals surface area contributed by atoms with Crippen LogP contribution in [0.5, 0.6) is 0 Å². The Bertz CT molecular complexity index is 1170. The van der Waals surface area contributed by atoms with Gasteiger partial charge in [0.15, 0.2) is 0 Å². The second-order valence-electron chi connectivity index (χ2n) is 18.0. The topological polar surface area (TPSA) is 95.9 Å². The second-order valence-corrected chi connectivity index (χ2v) is 18.0. The average molecular weight is 880 g/mol. The van der Waals surface area contributed by atoms with Gasteiger partial charge in [-0.25, -0.2) is 0 Å². The molecule has 0 spiro atoms. The fourth-order valence-corrected chi connectivity index (χ4v) is 7.79. The minimum absolute atomic E-state index is 0.0554. The van der Waals surface area contributed by atoms with E-state index in [0.29, 0.717) is 19.3 Å². The van der Waals surface area contributed by atoms with Crippen LogP contribution in [0.15, 0.2) is 72.9 Å². The van der Waals surface area contributed by atoms with Crippen molar-refractivity contribution in [3.63, 3.8) is 0 Å². The van der Waals surface area contributed by atoms with E-state index in [4.69, 9.17) is 4.74 Å². The number of carbonyl (C=O) groups excluding carboxylic acids is 2. The van der Waals surface area contributed by atoms with Crippen molar-refractivity contribution in [3.05, 3.63) is 72.9 Å². The number of rotatable bonds is 47. The first-order chi connectivity index (χ1) is 31.0. The molecule has 0 aromatic carbocycles. The van der Waals surface area contributed by atoms with Crippen LogP contribution in [-0.2, 0) is 14.3 Å². The van der Waals surface area contributed by atoms with Crippen molar-refractivity contribution in [2.75, 3.05) is 6.61 Å². The maximum atomic E-state index is 13.2. The molecule has 0 rings (SSSR count). The molecule has 0 bridgehead atoms. The van der Waals surface area contributed by atoms with Gasteiger partial charge >= 0.3 is 5.97 Å². The molecule has 63 heavy (non-hydrogen) atoms. The van der Waals surface area contributed by atoms with Crippen LogP contribution in [0.3, 0.4) is 0 Å². The number of carbonyl (C=O) groups is 2. The van der Waals surface area contributed by atoms with Gasteiger partial charge in [0.25, 0.3) is 0 Å². The molecule has 1 amide bonds. The fourth-order valence-electron chi connectivity index (χ4n) is 7.79. The van der Waals surface area contributed by atoms with Crippen LogP contribution in [0.25, 0.3) is 0 Å². The summed E-state index contributed by atoms with van der Waals surface area (Å²) in [7, 11) is 0. The summed E-state index contributed by atoms with van der Waals surface area (Å²) in [5.74, 6) is -0.509. The van der Waals surface area contributed by atoms with Crippen molar-refractivity contribution in [1.82, 2.24) is 5.32 Å². The summed E-state index contributed by atoms with van der Waals surface area (Å²) < 4.78 is 5.93. The van der Waals surface area contributed by atoms with Crippen LogP contribution in [0.2, 0.25) is 0 Å². The third-order valence-corrected chi connectivity index (χ3v) is 11.8. The van der Waals surface area contributed by atoms with Crippen molar-refractivity contribution >= 4 is 11.9 Å². The van der Waals surface area contributed by atoms with Gasteiger partial charge in [0.2, 0.25) is 5.91 Å². The van der Waals surface area contributed by atoms with Crippen molar-refractivity contribution in [3.8, 4) is 0 Å². The first-order valence-corrected chi connectivity index (χ1v) is 26.7. The maximum absolute atomic E-state index is 13.2. The number of hydrogen-bond donors (Lipinski definition) is 3. The summed E-state index contributed by atoms with van der Waals surface area (Å²) in [5.41, 5.74) is 0. The summed E-state index contributed by atoms with van der Waals surface area (Å²) in [6, 6.07) is -0.714. The molecule has 6 heteroatoms. The summed E-state index contributed by atoms with van der Waals surface area (Å²) in [6.45, 7) is 6.32. The van der Waals surface area contributed by atoms with E-state index in [1.165, 1.54) is 109 Å². The number of esters is 1. The van der Waals surface area contributed by atoms with Crippen molar-refractivity contribution in [2.45, 2.75) is 270 Å². The highest BCUT2D eigenvalue weighted by molar-refractivity contribution is 5.77. The molecule has 0 saturated carbocycles. The molecule has 3 unspecified atom stereocenters. The Hall–Kier alpha value is -2.70. The number of amides is 1. The molecule has 0 heterocycles. The quantitative estimate of drug-likeness (QED) is 0.0245. The number of unbranched alkanes of at least 4 members (excludes halogenated alkanes) is 25. The molecule has 0 saturated heterocycles. The smallest absolute Gasteiger partial charge is 0.306 e. The molecule has 0 aromatic heterocycles. The Morgan fingerprint density at radius 1 is 0.492 bits per heavy atom. The van der Waals surface area contributed by atoms with Gasteiger partial charge < -0.3 is 20.3 Å². The number of ether oxygens (including phenoxy) is 1. The van der Waals surface area contributed by atoms with Gasteiger partial charge in [0.05, 0.1) is 25.2 Å². The van der Waals surface area contributed by atoms with Gasteiger partial charge in [-0.2, -0.15) is 0 Å². The van der Waals surface area contributed by atoms with E-state index in [0.717, 1.165) is 96.3 Å². The largest absolute Gasteiger partial charge is 0.462 e. The van der Waals surface area contributed by atoms with Gasteiger partial charge in [0.1, 0.15) is 6.10 Å². The van der Waals surface area contributed by atoms with Gasteiger partial charge in [-0.05, 0) is 83.5 Å². The third-order valence-electron chi connectivity index (χ3n) is 11.8. The number of hydrogen-bond acceptors (Lipinski definition) is 5. The summed E-state index contributed by atoms with van der Waals surface area (Å²) in [5, 5.41) is 23.8. The molecular formula is C57H101NO5. The standard InChI is InChI=1S/C57H101NO5/c1-4-7-10-13-16-19-22-25-27-28-30-31-33-36-39-42-45-48-53(63-57(62)50-47-44-41-38-35-32-29-26-23-20-17-14-11-8-5-2)51-56(61)58-54(52-59)55(60)49-46-43-40-37-34-24-21-18-15-12-9-6-3/h8,11,14,16-17,19-20,23,25,27,30-31,53-55,59-60H,4-7,9-10,12-13,15,18,21-22,24,26,28-29,32-52H2,1-3H3,(H,58,61)/b11-8+,17-14+,19-16-,23-20+,27-25-,31-30-. The molecule has 0 radical (unpaired) electrons. The van der Waals surface area contributed by atoms with Crippen LogP contribution in [0.1, 0.15) is 252 Å². The van der Waals surface area contributed by atoms with Crippen molar-refractivity contribution in [2.24, 2.45) is 0 Å². The molecule has 6 nitrogen and oxygen atoms in total. The molecule has 3 atom stereocenters. The SMILES string of the molecule is CC/C=C/C=C/C=C/CCCCCCCCCC(=O)OC(CCCCCC/C=C\C/C=C\C/C=C\CCCCC)CC(=O)NC(CO)C(O)CCCCCCCCCCCCCC. The molecule has 0 aliphatic rings. The van der Waals surface area contributed by atoms with Gasteiger partial charge in [-0.3, -0.25) is 9.59 Å². The first kappa shape index (κ1) is 60.3. The Balaban J connectivity index is 4.66. The zero-order chi connectivity index (χ0) is 45.9. The molecule has 0 aliphatic carbocycles. The number of nitrogens with one attached hydrogen (secondary N) is 1. The van der Waals surface area contributed by atoms with E-state index in [2.05, 4.69) is 99.0 Å². The van der Waals surface area contributed by atoms with E-state index in [1.807, 2.05) is 0 Å². The van der Waals surface area contributed by atoms with E-state index in [-0.39, 0.29) is 24.9 Å². The highest BCUT2D eigenvalue weighted by Gasteiger charge is 2.24. The average Bonchev–Trinajstić information content (AvgIpc) is 3.28. The molecule has 0 fully saturated rings. The summed E-state index contributed by atoms with van der Waals surface area (Å²) in [6.07, 6.45) is 63.8. The van der Waals surface area contributed by atoms with Gasteiger partial charge in [-0.15, -0.1) is 0 Å². The summed E-state index contributed by atoms with van der Waals surface area (Å²) in [4.78, 5) is 26.2. The Morgan fingerprint density at radius 2 is 0.921 bits per heavy atom. The normalized spacial score (nSPS) is 13.8. The predicted octanol–water partition coefficient (Wildman–Crippen LogP) is 16.2. The number of aliphatic hydroxyl groups excluding tert-OH is 2. The van der Waals surface area contributed by atoms with E-state index >= 15 is 0 Å². The van der Waals surface area contributed by atoms with E-state index in [9.17, 15) is 19.8 Å². The molecule has 364 valence electrons. The fraction of sp³-hybridized carbons (Fsp3) is 0.754. The predicted molar refractivity (Wildman–Crippen MR) is 273 cm³/mol. The first-order valence-electron chi connectivity index (χ1n) is 26.7. The van der Waals surface area contributed by atoms with Crippen LogP contribution in [0, 0.1) is 0 Å². The van der Waals surface area contributed by atoms with Gasteiger partial charge in [-0.1, -0.05) is 229 Å². The Labute approximate surface area is 390 Å². The number of aliphatic hydroxyl groups is 2. The lowest BCUT2D eigenvalue weighted by atomic mass is 10.0. The molecule has 0 aliphatic heterocycles. The second kappa shape index (κ2) is 50.3. The third kappa shape index (κ3) is 45.7. The maximum Gasteiger partial charge on any atom is 0.306 e. The highest BCUT2D eigenvalue weighted by Crippen LogP contribution is 2.17. The van der Waals surface area contributed by atoms with Gasteiger partial charge in [0, 0.05) is 6.42 Å². The number of allylic oxidation sites excluding steroid dienone is 12. The Morgan fingerprint density at radius 3 is 1.46 bits per heavy atom. The van der Waals surface area contributed by atoms with E-state index < -0.39 is 18.2 Å². The van der Waals surface area contributed by atoms with Crippen LogP contribution in [0.4, 0.5) is 0 Å². The molecule has 0 aromatic rings. The zero-order valence-corrected chi connectivity index (χ0v) is 41.4. The lowest BCUT2D eigenvalue weighted by Gasteiger charge is -2.24. The highest BCUT2D eigenvalue weighted by atomic mass is 16.5. The molecule has 3 N–H and O–H groups in total. The van der Waals surface area contributed by atoms with Crippen LogP contribution in [-0.4, -0.2) is 46.9 Å². The van der Waals surface area contributed by atoms with E-state index in [1.54, 1.807) is 0 Å². The summed E-state index contributed by atoms with van der Waals surface area (Å²) >= 11 is 0.